The van der Waals surface area contributed by atoms with Crippen LogP contribution in [0.4, 0.5) is 0 Å². The summed E-state index contributed by atoms with van der Waals surface area (Å²) in [5.41, 5.74) is 0. The fourth-order valence-corrected chi connectivity index (χ4v) is 1.57. The van der Waals surface area contributed by atoms with Crippen LogP contribution in [0.25, 0.3) is 0 Å². The first-order valence-electron chi connectivity index (χ1n) is 6.73. The van der Waals surface area contributed by atoms with Crippen LogP contribution < -0.4 is 0 Å². The van der Waals surface area contributed by atoms with E-state index in [9.17, 15) is 0 Å². The van der Waals surface area contributed by atoms with E-state index < -0.39 is 0 Å². The van der Waals surface area contributed by atoms with Gasteiger partial charge in [-0.05, 0) is 33.1 Å². The van der Waals surface area contributed by atoms with E-state index in [2.05, 4.69) is 19.1 Å². The molecular weight excluding hydrogens is 200 g/mol. The minimum Gasteiger partial charge on any atom is -0.353 e. The van der Waals surface area contributed by atoms with E-state index in [1.807, 2.05) is 13.8 Å². The van der Waals surface area contributed by atoms with Gasteiger partial charge in [0.1, 0.15) is 0 Å². The van der Waals surface area contributed by atoms with Crippen molar-refractivity contribution in [2.45, 2.75) is 65.6 Å². The van der Waals surface area contributed by atoms with Crippen molar-refractivity contribution in [3.63, 3.8) is 0 Å². The summed E-state index contributed by atoms with van der Waals surface area (Å²) in [6, 6.07) is 0. The Labute approximate surface area is 101 Å². The predicted molar refractivity (Wildman–Crippen MR) is 69.6 cm³/mol. The molecule has 0 fully saturated rings. The Bertz CT molecular complexity index is 149. The van der Waals surface area contributed by atoms with Crippen LogP contribution >= 0.6 is 0 Å². The molecular formula is C14H28O2. The SMILES string of the molecule is CCCCC/C=C\CCC(OCC)OCC. The lowest BCUT2D eigenvalue weighted by Gasteiger charge is -2.15. The average Bonchev–Trinajstić information content (AvgIpc) is 2.28. The van der Waals surface area contributed by atoms with E-state index in [1.54, 1.807) is 0 Å². The molecule has 0 aliphatic rings. The molecule has 0 atom stereocenters. The molecule has 0 saturated heterocycles. The van der Waals surface area contributed by atoms with Crippen LogP contribution in [0.15, 0.2) is 12.2 Å². The Morgan fingerprint density at radius 1 is 0.875 bits per heavy atom. The van der Waals surface area contributed by atoms with Gasteiger partial charge in [-0.1, -0.05) is 31.9 Å². The second kappa shape index (κ2) is 12.7. The van der Waals surface area contributed by atoms with Crippen molar-refractivity contribution < 1.29 is 9.47 Å². The summed E-state index contributed by atoms with van der Waals surface area (Å²) in [6.07, 6.45) is 11.7. The zero-order valence-electron chi connectivity index (χ0n) is 11.2. The van der Waals surface area contributed by atoms with Crippen LogP contribution in [0.3, 0.4) is 0 Å². The Hall–Kier alpha value is -0.340. The molecule has 0 rings (SSSR count). The Morgan fingerprint density at radius 3 is 2.06 bits per heavy atom. The van der Waals surface area contributed by atoms with E-state index in [1.165, 1.54) is 25.7 Å². The number of unbranched alkanes of at least 4 members (excludes halogenated alkanes) is 3. The molecule has 16 heavy (non-hydrogen) atoms. The molecule has 2 nitrogen and oxygen atoms in total. The third-order valence-electron chi connectivity index (χ3n) is 2.42. The normalized spacial score (nSPS) is 11.8. The average molecular weight is 228 g/mol. The van der Waals surface area contributed by atoms with Gasteiger partial charge in [0.05, 0.1) is 0 Å². The highest BCUT2D eigenvalue weighted by Crippen LogP contribution is 2.06. The van der Waals surface area contributed by atoms with Gasteiger partial charge < -0.3 is 9.47 Å². The molecule has 0 aliphatic heterocycles. The minimum absolute atomic E-state index is 0.0182. The van der Waals surface area contributed by atoms with Crippen LogP contribution in [0.1, 0.15) is 59.3 Å². The van der Waals surface area contributed by atoms with Gasteiger partial charge in [-0.15, -0.1) is 0 Å². The van der Waals surface area contributed by atoms with Crippen molar-refractivity contribution in [2.75, 3.05) is 13.2 Å². The Morgan fingerprint density at radius 2 is 1.50 bits per heavy atom. The topological polar surface area (TPSA) is 18.5 Å². The molecule has 0 aliphatic carbocycles. The molecule has 0 heterocycles. The number of rotatable bonds is 11. The van der Waals surface area contributed by atoms with Crippen molar-refractivity contribution in [1.82, 2.24) is 0 Å². The number of hydrogen-bond acceptors (Lipinski definition) is 2. The minimum atomic E-state index is -0.0182. The summed E-state index contributed by atoms with van der Waals surface area (Å²) in [4.78, 5) is 0. The highest BCUT2D eigenvalue weighted by Gasteiger charge is 2.05. The lowest BCUT2D eigenvalue weighted by Crippen LogP contribution is -2.16. The van der Waals surface area contributed by atoms with Crippen molar-refractivity contribution in [3.8, 4) is 0 Å². The van der Waals surface area contributed by atoms with Crippen LogP contribution in [-0.4, -0.2) is 19.5 Å². The molecule has 0 amide bonds. The maximum absolute atomic E-state index is 5.47. The lowest BCUT2D eigenvalue weighted by molar-refractivity contribution is -0.138. The molecule has 0 saturated carbocycles. The number of ether oxygens (including phenoxy) is 2. The van der Waals surface area contributed by atoms with Gasteiger partial charge in [-0.3, -0.25) is 0 Å². The molecule has 0 aromatic carbocycles. The van der Waals surface area contributed by atoms with Crippen molar-refractivity contribution in [2.24, 2.45) is 0 Å². The first-order chi connectivity index (χ1) is 7.85. The smallest absolute Gasteiger partial charge is 0.157 e. The van der Waals surface area contributed by atoms with Crippen molar-refractivity contribution in [1.29, 1.82) is 0 Å². The van der Waals surface area contributed by atoms with E-state index in [4.69, 9.17) is 9.47 Å². The third kappa shape index (κ3) is 10.2. The zero-order valence-corrected chi connectivity index (χ0v) is 11.2. The van der Waals surface area contributed by atoms with Gasteiger partial charge in [0, 0.05) is 19.6 Å². The highest BCUT2D eigenvalue weighted by atomic mass is 16.7. The van der Waals surface area contributed by atoms with Crippen LogP contribution in [0, 0.1) is 0 Å². The standard InChI is InChI=1S/C14H28O2/c1-4-7-8-9-10-11-12-13-14(15-5-2)16-6-3/h10-11,14H,4-9,12-13H2,1-3H3/b11-10-. The molecule has 0 N–H and O–H groups in total. The largest absolute Gasteiger partial charge is 0.353 e. The summed E-state index contributed by atoms with van der Waals surface area (Å²) in [5, 5.41) is 0. The molecule has 2 heteroatoms. The summed E-state index contributed by atoms with van der Waals surface area (Å²) in [5.74, 6) is 0. The van der Waals surface area contributed by atoms with E-state index in [-0.39, 0.29) is 6.29 Å². The molecule has 0 radical (unpaired) electrons. The first kappa shape index (κ1) is 15.7. The van der Waals surface area contributed by atoms with Gasteiger partial charge in [-0.25, -0.2) is 0 Å². The van der Waals surface area contributed by atoms with Crippen LogP contribution in [0.5, 0.6) is 0 Å². The summed E-state index contributed by atoms with van der Waals surface area (Å²) >= 11 is 0. The van der Waals surface area contributed by atoms with E-state index in [0.29, 0.717) is 0 Å². The number of hydrogen-bond donors (Lipinski definition) is 0. The second-order valence-electron chi connectivity index (χ2n) is 3.88. The van der Waals surface area contributed by atoms with Gasteiger partial charge in [-0.2, -0.15) is 0 Å². The summed E-state index contributed by atoms with van der Waals surface area (Å²) in [7, 11) is 0. The molecule has 0 spiro atoms. The van der Waals surface area contributed by atoms with Crippen LogP contribution in [0.2, 0.25) is 0 Å². The fourth-order valence-electron chi connectivity index (χ4n) is 1.57. The van der Waals surface area contributed by atoms with E-state index in [0.717, 1.165) is 26.1 Å². The Kier molecular flexibility index (Phi) is 12.5. The highest BCUT2D eigenvalue weighted by molar-refractivity contribution is 4.81. The third-order valence-corrected chi connectivity index (χ3v) is 2.42. The fraction of sp³-hybridized carbons (Fsp3) is 0.857. The van der Waals surface area contributed by atoms with Gasteiger partial charge in [0.2, 0.25) is 0 Å². The lowest BCUT2D eigenvalue weighted by atomic mass is 10.2. The quantitative estimate of drug-likeness (QED) is 0.298. The van der Waals surface area contributed by atoms with E-state index >= 15 is 0 Å². The van der Waals surface area contributed by atoms with Gasteiger partial charge in [0.25, 0.3) is 0 Å². The van der Waals surface area contributed by atoms with Gasteiger partial charge in [0.15, 0.2) is 6.29 Å². The molecule has 0 bridgehead atoms. The van der Waals surface area contributed by atoms with Crippen molar-refractivity contribution >= 4 is 0 Å². The van der Waals surface area contributed by atoms with Gasteiger partial charge >= 0.3 is 0 Å². The number of allylic oxidation sites excluding steroid dienone is 2. The molecule has 0 unspecified atom stereocenters. The van der Waals surface area contributed by atoms with Crippen LogP contribution in [-0.2, 0) is 9.47 Å². The molecule has 96 valence electrons. The molecule has 0 aromatic rings. The maximum Gasteiger partial charge on any atom is 0.157 e. The second-order valence-corrected chi connectivity index (χ2v) is 3.88. The zero-order chi connectivity index (χ0) is 12.1. The van der Waals surface area contributed by atoms with Crippen molar-refractivity contribution in [3.05, 3.63) is 12.2 Å². The summed E-state index contributed by atoms with van der Waals surface area (Å²) in [6.45, 7) is 7.70. The predicted octanol–water partition coefficient (Wildman–Crippen LogP) is 4.30. The summed E-state index contributed by atoms with van der Waals surface area (Å²) < 4.78 is 10.9. The Balaban J connectivity index is 3.44. The first-order valence-corrected chi connectivity index (χ1v) is 6.73. The monoisotopic (exact) mass is 228 g/mol. The molecule has 0 aromatic heterocycles. The maximum atomic E-state index is 5.47.